The predicted octanol–water partition coefficient (Wildman–Crippen LogP) is 8.49. The van der Waals surface area contributed by atoms with E-state index >= 15 is 0 Å². The summed E-state index contributed by atoms with van der Waals surface area (Å²) >= 11 is 1.72. The van der Waals surface area contributed by atoms with E-state index in [1.54, 1.807) is 17.4 Å². The second-order valence-corrected chi connectivity index (χ2v) is 13.5. The van der Waals surface area contributed by atoms with Crippen LogP contribution in [0.1, 0.15) is 48.4 Å². The summed E-state index contributed by atoms with van der Waals surface area (Å²) in [4.78, 5) is 9.80. The van der Waals surface area contributed by atoms with Gasteiger partial charge in [0, 0.05) is 29.6 Å². The zero-order chi connectivity index (χ0) is 31.3. The summed E-state index contributed by atoms with van der Waals surface area (Å²) < 4.78 is 13.4. The van der Waals surface area contributed by atoms with Gasteiger partial charge in [-0.25, -0.2) is 0 Å². The van der Waals surface area contributed by atoms with E-state index in [-0.39, 0.29) is 17.9 Å². The van der Waals surface area contributed by atoms with E-state index in [9.17, 15) is 5.11 Å². The second kappa shape index (κ2) is 14.3. The van der Waals surface area contributed by atoms with E-state index in [0.29, 0.717) is 6.61 Å². The number of fused-ring (bicyclic) bond motifs is 1. The number of phenols is 1. The highest BCUT2D eigenvalue weighted by Crippen LogP contribution is 2.42. The molecule has 7 heteroatoms. The van der Waals surface area contributed by atoms with Gasteiger partial charge in [-0.15, -0.1) is 11.3 Å². The molecular weight excluding hydrogens is 593 g/mol. The zero-order valence-electron chi connectivity index (χ0n) is 26.4. The Kier molecular flexibility index (Phi) is 9.54. The maximum Gasteiger partial charge on any atom is 0.119 e. The average Bonchev–Trinajstić information content (AvgIpc) is 3.65. The summed E-state index contributed by atoms with van der Waals surface area (Å²) in [6.45, 7) is 4.59. The summed E-state index contributed by atoms with van der Waals surface area (Å²) in [6.07, 6.45) is 5.64. The predicted molar refractivity (Wildman–Crippen MR) is 186 cm³/mol. The van der Waals surface area contributed by atoms with Crippen molar-refractivity contribution >= 4 is 21.4 Å². The first-order valence-corrected chi connectivity index (χ1v) is 17.3. The van der Waals surface area contributed by atoms with Crippen molar-refractivity contribution in [1.29, 1.82) is 0 Å². The highest BCUT2D eigenvalue weighted by molar-refractivity contribution is 7.22. The van der Waals surface area contributed by atoms with Crippen molar-refractivity contribution in [1.82, 2.24) is 9.96 Å². The van der Waals surface area contributed by atoms with Crippen molar-refractivity contribution in [3.63, 3.8) is 0 Å². The SMILES string of the molecule is CN1OC(COc2ccc(-c3sc4cc(O)ccc4c3Cc3ccc(OCCN4CCCCC4)cc3)cc2)CC1c1ccccc1. The Morgan fingerprint density at radius 2 is 1.59 bits per heavy atom. The Bertz CT molecular complexity index is 1720. The lowest BCUT2D eigenvalue weighted by Crippen LogP contribution is -2.33. The van der Waals surface area contributed by atoms with Gasteiger partial charge in [0.2, 0.25) is 0 Å². The minimum Gasteiger partial charge on any atom is -0.508 e. The van der Waals surface area contributed by atoms with Gasteiger partial charge in [0.05, 0.1) is 6.04 Å². The molecule has 0 amide bonds. The van der Waals surface area contributed by atoms with E-state index < -0.39 is 0 Å². The van der Waals surface area contributed by atoms with Crippen LogP contribution in [0.2, 0.25) is 0 Å². The van der Waals surface area contributed by atoms with Crippen molar-refractivity contribution < 1.29 is 19.4 Å². The number of hydroxylamine groups is 2. The van der Waals surface area contributed by atoms with Gasteiger partial charge in [0.1, 0.15) is 36.6 Å². The van der Waals surface area contributed by atoms with Gasteiger partial charge in [0.25, 0.3) is 0 Å². The van der Waals surface area contributed by atoms with E-state index in [2.05, 4.69) is 65.6 Å². The molecule has 2 atom stereocenters. The summed E-state index contributed by atoms with van der Waals surface area (Å²) in [6, 6.07) is 33.3. The number of piperidine rings is 1. The molecule has 0 aliphatic carbocycles. The molecule has 2 fully saturated rings. The molecule has 1 N–H and O–H groups in total. The molecular formula is C39H42N2O4S. The molecule has 2 aliphatic rings. The summed E-state index contributed by atoms with van der Waals surface area (Å²) in [7, 11) is 1.99. The third kappa shape index (κ3) is 7.24. The molecule has 3 heterocycles. The number of ether oxygens (including phenoxy) is 2. The normalized spacial score (nSPS) is 19.1. The van der Waals surface area contributed by atoms with Gasteiger partial charge in [-0.1, -0.05) is 48.9 Å². The van der Waals surface area contributed by atoms with Crippen LogP contribution < -0.4 is 9.47 Å². The fourth-order valence-corrected chi connectivity index (χ4v) is 7.95. The monoisotopic (exact) mass is 634 g/mol. The molecule has 2 saturated heterocycles. The minimum absolute atomic E-state index is 0.00298. The fraction of sp³-hybridized carbons (Fsp3) is 0.333. The van der Waals surface area contributed by atoms with Crippen LogP contribution in [-0.2, 0) is 11.3 Å². The summed E-state index contributed by atoms with van der Waals surface area (Å²) in [5, 5.41) is 13.3. The minimum atomic E-state index is 0.00298. The maximum absolute atomic E-state index is 10.2. The molecule has 0 radical (unpaired) electrons. The molecule has 238 valence electrons. The number of hydrogen-bond acceptors (Lipinski definition) is 7. The van der Waals surface area contributed by atoms with Gasteiger partial charge in [-0.05, 0) is 115 Å². The number of phenolic OH excluding ortho intramolecular Hbond substituents is 1. The van der Waals surface area contributed by atoms with Crippen LogP contribution in [0.15, 0.2) is 97.1 Å². The zero-order valence-corrected chi connectivity index (χ0v) is 27.3. The third-order valence-electron chi connectivity index (χ3n) is 9.18. The molecule has 1 aromatic heterocycles. The van der Waals surface area contributed by atoms with Crippen molar-refractivity contribution in [2.45, 2.75) is 44.2 Å². The Labute approximate surface area is 275 Å². The van der Waals surface area contributed by atoms with Crippen molar-refractivity contribution in [2.75, 3.05) is 39.9 Å². The molecule has 0 saturated carbocycles. The molecule has 0 bridgehead atoms. The molecule has 5 aromatic rings. The topological polar surface area (TPSA) is 54.4 Å². The molecule has 46 heavy (non-hydrogen) atoms. The molecule has 2 unspecified atom stereocenters. The summed E-state index contributed by atoms with van der Waals surface area (Å²) in [5.74, 6) is 2.03. The Morgan fingerprint density at radius 1 is 0.848 bits per heavy atom. The van der Waals surface area contributed by atoms with Gasteiger partial charge >= 0.3 is 0 Å². The van der Waals surface area contributed by atoms with E-state index in [0.717, 1.165) is 47.8 Å². The molecule has 4 aromatic carbocycles. The lowest BCUT2D eigenvalue weighted by atomic mass is 9.99. The Balaban J connectivity index is 1.01. The number of benzene rings is 4. The average molecular weight is 635 g/mol. The van der Waals surface area contributed by atoms with Gasteiger partial charge in [-0.2, -0.15) is 5.06 Å². The van der Waals surface area contributed by atoms with Crippen molar-refractivity contribution in [2.24, 2.45) is 0 Å². The maximum atomic E-state index is 10.2. The van der Waals surface area contributed by atoms with Crippen LogP contribution in [0.25, 0.3) is 20.5 Å². The molecule has 0 spiro atoms. The molecule has 6 nitrogen and oxygen atoms in total. The number of hydrogen-bond donors (Lipinski definition) is 1. The first kappa shape index (κ1) is 30.8. The van der Waals surface area contributed by atoms with Crippen LogP contribution in [0, 0.1) is 0 Å². The van der Waals surface area contributed by atoms with Crippen LogP contribution in [-0.4, -0.2) is 61.1 Å². The van der Waals surface area contributed by atoms with E-state index in [4.69, 9.17) is 14.3 Å². The first-order chi connectivity index (χ1) is 22.6. The number of likely N-dealkylation sites (tertiary alicyclic amines) is 1. The number of thiophene rings is 1. The third-order valence-corrected chi connectivity index (χ3v) is 10.4. The van der Waals surface area contributed by atoms with Gasteiger partial charge < -0.3 is 14.6 Å². The second-order valence-electron chi connectivity index (χ2n) is 12.4. The quantitative estimate of drug-likeness (QED) is 0.157. The van der Waals surface area contributed by atoms with Crippen LogP contribution in [0.4, 0.5) is 0 Å². The first-order valence-electron chi connectivity index (χ1n) is 16.5. The van der Waals surface area contributed by atoms with E-state index in [1.807, 2.05) is 42.4 Å². The number of rotatable bonds is 11. The Morgan fingerprint density at radius 3 is 2.37 bits per heavy atom. The van der Waals surface area contributed by atoms with Gasteiger partial charge in [-0.3, -0.25) is 9.74 Å². The van der Waals surface area contributed by atoms with E-state index in [1.165, 1.54) is 59.3 Å². The van der Waals surface area contributed by atoms with Crippen LogP contribution >= 0.6 is 11.3 Å². The highest BCUT2D eigenvalue weighted by Gasteiger charge is 2.32. The smallest absolute Gasteiger partial charge is 0.119 e. The summed E-state index contributed by atoms with van der Waals surface area (Å²) in [5.41, 5.74) is 4.90. The van der Waals surface area contributed by atoms with Crippen molar-refractivity contribution in [3.05, 3.63) is 114 Å². The van der Waals surface area contributed by atoms with Crippen LogP contribution in [0.3, 0.4) is 0 Å². The Hall–Kier alpha value is -3.88. The molecule has 7 rings (SSSR count). The highest BCUT2D eigenvalue weighted by atomic mass is 32.1. The number of nitrogens with zero attached hydrogens (tertiary/aromatic N) is 2. The fourth-order valence-electron chi connectivity index (χ4n) is 6.69. The lowest BCUT2D eigenvalue weighted by Gasteiger charge is -2.26. The van der Waals surface area contributed by atoms with Crippen LogP contribution in [0.5, 0.6) is 17.2 Å². The number of aromatic hydroxyl groups is 1. The molecule has 2 aliphatic heterocycles. The van der Waals surface area contributed by atoms with Gasteiger partial charge in [0.15, 0.2) is 0 Å². The lowest BCUT2D eigenvalue weighted by molar-refractivity contribution is -0.151. The largest absolute Gasteiger partial charge is 0.508 e. The standard InChI is InChI=1S/C39H42N2O4S/c1-40-37(29-8-4-2-5-9-29)26-34(45-40)27-44-33-17-12-30(13-18-33)39-36(35-19-14-31(42)25-38(35)46-39)24-28-10-15-32(16-11-28)43-23-22-41-20-6-3-7-21-41/h2,4-5,8-19,25,34,37,42H,3,6-7,20-24,26-27H2,1H3. The van der Waals surface area contributed by atoms with Crippen molar-refractivity contribution in [3.8, 4) is 27.7 Å².